The standard InChI is InChI=1S/C25H24N2O3/c1-3-30-25(28)24(26-18-13-15-19(29-2)16-14-18)22-20-11-7-8-12-21(20)27-23(22)17-9-5-4-6-10-17/h4-16,24,26-27H,3H2,1-2H3. The van der Waals surface area contributed by atoms with E-state index in [4.69, 9.17) is 9.47 Å². The van der Waals surface area contributed by atoms with Crippen molar-refractivity contribution in [3.8, 4) is 17.0 Å². The van der Waals surface area contributed by atoms with Crippen molar-refractivity contribution in [3.05, 3.63) is 84.4 Å². The van der Waals surface area contributed by atoms with E-state index in [9.17, 15) is 4.79 Å². The number of anilines is 1. The number of para-hydroxylation sites is 1. The summed E-state index contributed by atoms with van der Waals surface area (Å²) in [7, 11) is 1.63. The van der Waals surface area contributed by atoms with Crippen molar-refractivity contribution in [2.75, 3.05) is 19.0 Å². The van der Waals surface area contributed by atoms with Gasteiger partial charge >= 0.3 is 5.97 Å². The van der Waals surface area contributed by atoms with Gasteiger partial charge in [0.2, 0.25) is 0 Å². The summed E-state index contributed by atoms with van der Waals surface area (Å²) in [5.41, 5.74) is 4.55. The Labute approximate surface area is 175 Å². The quantitative estimate of drug-likeness (QED) is 0.399. The molecule has 5 heteroatoms. The molecule has 0 amide bonds. The molecule has 1 unspecified atom stereocenters. The number of nitrogens with one attached hydrogen (secondary N) is 2. The van der Waals surface area contributed by atoms with Crippen LogP contribution >= 0.6 is 0 Å². The first-order valence-electron chi connectivity index (χ1n) is 9.94. The average Bonchev–Trinajstić information content (AvgIpc) is 3.18. The first kappa shape index (κ1) is 19.6. The van der Waals surface area contributed by atoms with E-state index in [0.717, 1.165) is 39.2 Å². The van der Waals surface area contributed by atoms with Crippen molar-refractivity contribution in [1.82, 2.24) is 4.98 Å². The Bertz CT molecular complexity index is 1130. The molecule has 1 heterocycles. The van der Waals surface area contributed by atoms with Crippen molar-refractivity contribution < 1.29 is 14.3 Å². The van der Waals surface area contributed by atoms with E-state index < -0.39 is 6.04 Å². The molecule has 4 rings (SSSR count). The van der Waals surface area contributed by atoms with Gasteiger partial charge in [-0.1, -0.05) is 48.5 Å². The normalized spacial score (nSPS) is 11.8. The zero-order valence-corrected chi connectivity index (χ0v) is 17.0. The third-order valence-electron chi connectivity index (χ3n) is 5.02. The van der Waals surface area contributed by atoms with Gasteiger partial charge in [-0.2, -0.15) is 0 Å². The first-order valence-corrected chi connectivity index (χ1v) is 9.94. The van der Waals surface area contributed by atoms with E-state index in [1.807, 2.05) is 85.8 Å². The fourth-order valence-corrected chi connectivity index (χ4v) is 3.62. The second kappa shape index (κ2) is 8.74. The van der Waals surface area contributed by atoms with Crippen LogP contribution in [0.3, 0.4) is 0 Å². The minimum Gasteiger partial charge on any atom is -0.497 e. The fraction of sp³-hybridized carbons (Fsp3) is 0.160. The fourth-order valence-electron chi connectivity index (χ4n) is 3.62. The summed E-state index contributed by atoms with van der Waals surface area (Å²) in [6.45, 7) is 2.12. The number of carbonyl (C=O) groups is 1. The highest BCUT2D eigenvalue weighted by Gasteiger charge is 2.29. The number of aromatic amines is 1. The summed E-state index contributed by atoms with van der Waals surface area (Å²) in [5, 5.41) is 4.35. The van der Waals surface area contributed by atoms with E-state index in [1.54, 1.807) is 7.11 Å². The SMILES string of the molecule is CCOC(=O)C(Nc1ccc(OC)cc1)c1c(-c2ccccc2)[nH]c2ccccc12. The zero-order chi connectivity index (χ0) is 20.9. The van der Waals surface area contributed by atoms with Gasteiger partial charge in [-0.3, -0.25) is 0 Å². The minimum absolute atomic E-state index is 0.308. The molecule has 0 radical (unpaired) electrons. The summed E-state index contributed by atoms with van der Waals surface area (Å²) in [6.07, 6.45) is 0. The molecular formula is C25H24N2O3. The molecule has 2 N–H and O–H groups in total. The van der Waals surface area contributed by atoms with Crippen molar-refractivity contribution >= 4 is 22.6 Å². The van der Waals surface area contributed by atoms with Gasteiger partial charge in [-0.05, 0) is 42.8 Å². The molecule has 0 spiro atoms. The van der Waals surface area contributed by atoms with Crippen LogP contribution in [0.15, 0.2) is 78.9 Å². The maximum atomic E-state index is 13.1. The molecule has 0 bridgehead atoms. The molecule has 152 valence electrons. The monoisotopic (exact) mass is 400 g/mol. The van der Waals surface area contributed by atoms with Crippen LogP contribution in [0.5, 0.6) is 5.75 Å². The number of rotatable bonds is 7. The molecule has 0 saturated carbocycles. The van der Waals surface area contributed by atoms with Crippen molar-refractivity contribution in [3.63, 3.8) is 0 Å². The smallest absolute Gasteiger partial charge is 0.333 e. The van der Waals surface area contributed by atoms with E-state index in [0.29, 0.717) is 6.61 Å². The largest absolute Gasteiger partial charge is 0.497 e. The lowest BCUT2D eigenvalue weighted by Crippen LogP contribution is -2.24. The molecule has 0 fully saturated rings. The summed E-state index contributed by atoms with van der Waals surface area (Å²) >= 11 is 0. The highest BCUT2D eigenvalue weighted by molar-refractivity contribution is 5.97. The molecule has 1 aromatic heterocycles. The number of fused-ring (bicyclic) bond motifs is 1. The molecule has 0 aliphatic heterocycles. The van der Waals surface area contributed by atoms with Gasteiger partial charge < -0.3 is 19.8 Å². The Morgan fingerprint density at radius 2 is 1.67 bits per heavy atom. The number of esters is 1. The lowest BCUT2D eigenvalue weighted by atomic mass is 9.98. The van der Waals surface area contributed by atoms with Gasteiger partial charge in [0.15, 0.2) is 6.04 Å². The highest BCUT2D eigenvalue weighted by Crippen LogP contribution is 2.37. The Kier molecular flexibility index (Phi) is 5.70. The molecule has 5 nitrogen and oxygen atoms in total. The summed E-state index contributed by atoms with van der Waals surface area (Å²) in [4.78, 5) is 16.6. The Morgan fingerprint density at radius 1 is 0.967 bits per heavy atom. The predicted molar refractivity (Wildman–Crippen MR) is 120 cm³/mol. The number of carbonyl (C=O) groups excluding carboxylic acids is 1. The van der Waals surface area contributed by atoms with Gasteiger partial charge in [0, 0.05) is 22.2 Å². The van der Waals surface area contributed by atoms with Gasteiger partial charge in [0.1, 0.15) is 5.75 Å². The van der Waals surface area contributed by atoms with Crippen molar-refractivity contribution in [1.29, 1.82) is 0 Å². The van der Waals surface area contributed by atoms with Gasteiger partial charge in [-0.15, -0.1) is 0 Å². The molecule has 0 aliphatic rings. The second-order valence-electron chi connectivity index (χ2n) is 6.88. The van der Waals surface area contributed by atoms with Crippen LogP contribution in [-0.2, 0) is 9.53 Å². The average molecular weight is 400 g/mol. The van der Waals surface area contributed by atoms with Gasteiger partial charge in [0.05, 0.1) is 19.4 Å². The Balaban J connectivity index is 1.86. The molecule has 4 aromatic rings. The third kappa shape index (κ3) is 3.87. The van der Waals surface area contributed by atoms with E-state index in [-0.39, 0.29) is 5.97 Å². The second-order valence-corrected chi connectivity index (χ2v) is 6.88. The first-order chi connectivity index (χ1) is 14.7. The van der Waals surface area contributed by atoms with Crippen LogP contribution in [0, 0.1) is 0 Å². The maximum Gasteiger partial charge on any atom is 0.333 e. The van der Waals surface area contributed by atoms with E-state index in [2.05, 4.69) is 10.3 Å². The minimum atomic E-state index is -0.676. The maximum absolute atomic E-state index is 13.1. The summed E-state index contributed by atoms with van der Waals surface area (Å²) in [6, 6.07) is 24.8. The van der Waals surface area contributed by atoms with Crippen LogP contribution in [-0.4, -0.2) is 24.7 Å². The number of methoxy groups -OCH3 is 1. The number of aromatic nitrogens is 1. The Hall–Kier alpha value is -3.73. The highest BCUT2D eigenvalue weighted by atomic mass is 16.5. The summed E-state index contributed by atoms with van der Waals surface area (Å²) < 4.78 is 10.7. The van der Waals surface area contributed by atoms with Crippen LogP contribution < -0.4 is 10.1 Å². The van der Waals surface area contributed by atoms with E-state index in [1.165, 1.54) is 0 Å². The molecule has 0 saturated heterocycles. The Morgan fingerprint density at radius 3 is 2.37 bits per heavy atom. The van der Waals surface area contributed by atoms with Crippen molar-refractivity contribution in [2.24, 2.45) is 0 Å². The van der Waals surface area contributed by atoms with Crippen LogP contribution in [0.2, 0.25) is 0 Å². The third-order valence-corrected chi connectivity index (χ3v) is 5.02. The van der Waals surface area contributed by atoms with Gasteiger partial charge in [-0.25, -0.2) is 4.79 Å². The number of H-pyrrole nitrogens is 1. The molecule has 0 aliphatic carbocycles. The van der Waals surface area contributed by atoms with E-state index >= 15 is 0 Å². The van der Waals surface area contributed by atoms with Crippen LogP contribution in [0.1, 0.15) is 18.5 Å². The number of hydrogen-bond acceptors (Lipinski definition) is 4. The number of ether oxygens (including phenoxy) is 2. The lowest BCUT2D eigenvalue weighted by molar-refractivity contribution is -0.144. The van der Waals surface area contributed by atoms with Gasteiger partial charge in [0.25, 0.3) is 0 Å². The summed E-state index contributed by atoms with van der Waals surface area (Å²) in [5.74, 6) is 0.431. The molecule has 3 aromatic carbocycles. The van der Waals surface area contributed by atoms with Crippen LogP contribution in [0.25, 0.3) is 22.2 Å². The molecular weight excluding hydrogens is 376 g/mol. The van der Waals surface area contributed by atoms with Crippen molar-refractivity contribution in [2.45, 2.75) is 13.0 Å². The number of hydrogen-bond donors (Lipinski definition) is 2. The molecule has 30 heavy (non-hydrogen) atoms. The number of benzene rings is 3. The van der Waals surface area contributed by atoms with Crippen LogP contribution in [0.4, 0.5) is 5.69 Å². The zero-order valence-electron chi connectivity index (χ0n) is 17.0. The predicted octanol–water partition coefficient (Wildman–Crippen LogP) is 5.56. The molecule has 1 atom stereocenters. The lowest BCUT2D eigenvalue weighted by Gasteiger charge is -2.20. The topological polar surface area (TPSA) is 63.4 Å².